The lowest BCUT2D eigenvalue weighted by Crippen LogP contribution is -2.42. The molecule has 1 rings (SSSR count). The van der Waals surface area contributed by atoms with Gasteiger partial charge in [0.05, 0.1) is 18.5 Å². The first-order valence-corrected chi connectivity index (χ1v) is 5.15. The van der Waals surface area contributed by atoms with E-state index in [0.29, 0.717) is 13.1 Å². The fourth-order valence-electron chi connectivity index (χ4n) is 1.76. The summed E-state index contributed by atoms with van der Waals surface area (Å²) >= 11 is 0. The average Bonchev–Trinajstić information content (AvgIpc) is 2.18. The van der Waals surface area contributed by atoms with E-state index in [2.05, 4.69) is 16.3 Å². The SMILES string of the molecule is CCNC(=O)CN1CCCC(C#N)C1. The smallest absolute Gasteiger partial charge is 0.234 e. The Morgan fingerprint density at radius 2 is 2.50 bits per heavy atom. The molecule has 1 saturated heterocycles. The molecule has 78 valence electrons. The first-order valence-electron chi connectivity index (χ1n) is 5.15. The predicted octanol–water partition coefficient (Wildman–Crippen LogP) is 0.358. The normalized spacial score (nSPS) is 22.7. The number of rotatable bonds is 3. The second-order valence-electron chi connectivity index (χ2n) is 3.66. The third kappa shape index (κ3) is 3.35. The Labute approximate surface area is 84.9 Å². The maximum absolute atomic E-state index is 11.3. The Balaban J connectivity index is 2.31. The van der Waals surface area contributed by atoms with E-state index in [1.165, 1.54) is 0 Å². The van der Waals surface area contributed by atoms with Crippen LogP contribution in [0.3, 0.4) is 0 Å². The van der Waals surface area contributed by atoms with Crippen molar-refractivity contribution in [3.63, 3.8) is 0 Å². The van der Waals surface area contributed by atoms with Crippen molar-refractivity contribution in [2.24, 2.45) is 5.92 Å². The number of amides is 1. The van der Waals surface area contributed by atoms with Crippen LogP contribution in [0.5, 0.6) is 0 Å². The van der Waals surface area contributed by atoms with Crippen molar-refractivity contribution in [1.82, 2.24) is 10.2 Å². The number of likely N-dealkylation sites (tertiary alicyclic amines) is 1. The van der Waals surface area contributed by atoms with E-state index in [1.807, 2.05) is 6.92 Å². The molecule has 0 saturated carbocycles. The van der Waals surface area contributed by atoms with Gasteiger partial charge < -0.3 is 5.32 Å². The molecule has 1 fully saturated rings. The van der Waals surface area contributed by atoms with Gasteiger partial charge in [0.1, 0.15) is 0 Å². The highest BCUT2D eigenvalue weighted by molar-refractivity contribution is 5.77. The maximum atomic E-state index is 11.3. The molecule has 4 nitrogen and oxygen atoms in total. The molecule has 0 bridgehead atoms. The van der Waals surface area contributed by atoms with Crippen LogP contribution in [-0.4, -0.2) is 37.0 Å². The minimum atomic E-state index is 0.0612. The summed E-state index contributed by atoms with van der Waals surface area (Å²) in [4.78, 5) is 13.3. The fraction of sp³-hybridized carbons (Fsp3) is 0.800. The third-order valence-electron chi connectivity index (χ3n) is 2.43. The molecule has 1 unspecified atom stereocenters. The van der Waals surface area contributed by atoms with Crippen molar-refractivity contribution in [2.75, 3.05) is 26.2 Å². The minimum absolute atomic E-state index is 0.0612. The first kappa shape index (κ1) is 11.0. The van der Waals surface area contributed by atoms with Crippen LogP contribution in [0.1, 0.15) is 19.8 Å². The summed E-state index contributed by atoms with van der Waals surface area (Å²) in [5.74, 6) is 0.171. The zero-order chi connectivity index (χ0) is 10.4. The quantitative estimate of drug-likeness (QED) is 0.707. The van der Waals surface area contributed by atoms with Gasteiger partial charge in [-0.3, -0.25) is 9.69 Å². The Hall–Kier alpha value is -1.08. The molecule has 1 heterocycles. The van der Waals surface area contributed by atoms with Gasteiger partial charge in [0.25, 0.3) is 0 Å². The topological polar surface area (TPSA) is 56.1 Å². The summed E-state index contributed by atoms with van der Waals surface area (Å²) in [5.41, 5.74) is 0. The summed E-state index contributed by atoms with van der Waals surface area (Å²) in [6, 6.07) is 2.27. The average molecular weight is 195 g/mol. The van der Waals surface area contributed by atoms with Crippen molar-refractivity contribution in [2.45, 2.75) is 19.8 Å². The number of carbonyl (C=O) groups excluding carboxylic acids is 1. The van der Waals surface area contributed by atoms with Crippen LogP contribution in [0.4, 0.5) is 0 Å². The predicted molar refractivity (Wildman–Crippen MR) is 53.5 cm³/mol. The fourth-order valence-corrected chi connectivity index (χ4v) is 1.76. The molecular weight excluding hydrogens is 178 g/mol. The van der Waals surface area contributed by atoms with E-state index in [9.17, 15) is 4.79 Å². The number of hydrogen-bond donors (Lipinski definition) is 1. The number of hydrogen-bond acceptors (Lipinski definition) is 3. The van der Waals surface area contributed by atoms with Crippen molar-refractivity contribution in [3.8, 4) is 6.07 Å². The molecule has 0 aromatic carbocycles. The summed E-state index contributed by atoms with van der Waals surface area (Å²) in [6.45, 7) is 4.70. The maximum Gasteiger partial charge on any atom is 0.234 e. The summed E-state index contributed by atoms with van der Waals surface area (Å²) < 4.78 is 0. The Bertz CT molecular complexity index is 234. The van der Waals surface area contributed by atoms with Crippen LogP contribution < -0.4 is 5.32 Å². The molecule has 1 atom stereocenters. The molecule has 14 heavy (non-hydrogen) atoms. The van der Waals surface area contributed by atoms with E-state index in [0.717, 1.165) is 25.9 Å². The van der Waals surface area contributed by atoms with Crippen molar-refractivity contribution < 1.29 is 4.79 Å². The number of likely N-dealkylation sites (N-methyl/N-ethyl adjacent to an activating group) is 1. The van der Waals surface area contributed by atoms with Crippen molar-refractivity contribution in [3.05, 3.63) is 0 Å². The van der Waals surface area contributed by atoms with E-state index >= 15 is 0 Å². The molecule has 4 heteroatoms. The van der Waals surface area contributed by atoms with Gasteiger partial charge in [-0.15, -0.1) is 0 Å². The van der Waals surface area contributed by atoms with Crippen molar-refractivity contribution >= 4 is 5.91 Å². The largest absolute Gasteiger partial charge is 0.355 e. The van der Waals surface area contributed by atoms with E-state index in [4.69, 9.17) is 5.26 Å². The molecule has 0 aromatic heterocycles. The standard InChI is InChI=1S/C10H17N3O/c1-2-12-10(14)8-13-5-3-4-9(6-11)7-13/h9H,2-5,7-8H2,1H3,(H,12,14). The van der Waals surface area contributed by atoms with Crippen LogP contribution in [0.15, 0.2) is 0 Å². The monoisotopic (exact) mass is 195 g/mol. The van der Waals surface area contributed by atoms with Gasteiger partial charge in [-0.2, -0.15) is 5.26 Å². The molecule has 1 aliphatic rings. The van der Waals surface area contributed by atoms with Crippen LogP contribution >= 0.6 is 0 Å². The molecular formula is C10H17N3O. The Kier molecular flexibility index (Phi) is 4.41. The highest BCUT2D eigenvalue weighted by Crippen LogP contribution is 2.14. The minimum Gasteiger partial charge on any atom is -0.355 e. The zero-order valence-corrected chi connectivity index (χ0v) is 8.62. The lowest BCUT2D eigenvalue weighted by atomic mass is 10.00. The van der Waals surface area contributed by atoms with Gasteiger partial charge in [-0.25, -0.2) is 0 Å². The van der Waals surface area contributed by atoms with Crippen molar-refractivity contribution in [1.29, 1.82) is 5.26 Å². The molecule has 1 amide bonds. The molecule has 0 aromatic rings. The van der Waals surface area contributed by atoms with Gasteiger partial charge in [0.15, 0.2) is 0 Å². The Morgan fingerprint density at radius 1 is 1.71 bits per heavy atom. The van der Waals surface area contributed by atoms with Gasteiger partial charge in [-0.1, -0.05) is 0 Å². The van der Waals surface area contributed by atoms with E-state index < -0.39 is 0 Å². The molecule has 1 aliphatic heterocycles. The van der Waals surface area contributed by atoms with Gasteiger partial charge >= 0.3 is 0 Å². The van der Waals surface area contributed by atoms with E-state index in [-0.39, 0.29) is 11.8 Å². The Morgan fingerprint density at radius 3 is 3.14 bits per heavy atom. The summed E-state index contributed by atoms with van der Waals surface area (Å²) in [5, 5.41) is 11.5. The number of nitrogens with zero attached hydrogens (tertiary/aromatic N) is 2. The lowest BCUT2D eigenvalue weighted by Gasteiger charge is -2.28. The summed E-state index contributed by atoms with van der Waals surface area (Å²) in [6.07, 6.45) is 2.00. The van der Waals surface area contributed by atoms with Gasteiger partial charge in [0, 0.05) is 13.1 Å². The molecule has 0 spiro atoms. The number of piperidine rings is 1. The number of nitrogens with one attached hydrogen (secondary N) is 1. The molecule has 0 aliphatic carbocycles. The van der Waals surface area contributed by atoms with Crippen LogP contribution in [-0.2, 0) is 4.79 Å². The molecule has 1 N–H and O–H groups in total. The number of nitriles is 1. The highest BCUT2D eigenvalue weighted by atomic mass is 16.2. The second kappa shape index (κ2) is 5.61. The van der Waals surface area contributed by atoms with Crippen LogP contribution in [0.25, 0.3) is 0 Å². The van der Waals surface area contributed by atoms with Gasteiger partial charge in [0.2, 0.25) is 5.91 Å². The third-order valence-corrected chi connectivity index (χ3v) is 2.43. The summed E-state index contributed by atoms with van der Waals surface area (Å²) in [7, 11) is 0. The van der Waals surface area contributed by atoms with Gasteiger partial charge in [-0.05, 0) is 26.3 Å². The van der Waals surface area contributed by atoms with Crippen LogP contribution in [0.2, 0.25) is 0 Å². The lowest BCUT2D eigenvalue weighted by molar-refractivity contribution is -0.122. The number of carbonyl (C=O) groups is 1. The van der Waals surface area contributed by atoms with Crippen LogP contribution in [0, 0.1) is 17.2 Å². The zero-order valence-electron chi connectivity index (χ0n) is 8.62. The molecule has 0 radical (unpaired) electrons. The first-order chi connectivity index (χ1) is 6.76. The highest BCUT2D eigenvalue weighted by Gasteiger charge is 2.20. The second-order valence-corrected chi connectivity index (χ2v) is 3.66. The van der Waals surface area contributed by atoms with E-state index in [1.54, 1.807) is 0 Å².